The molecule has 1 amide bonds. The third-order valence-electron chi connectivity index (χ3n) is 4.48. The van der Waals surface area contributed by atoms with Gasteiger partial charge in [0, 0.05) is 28.3 Å². The van der Waals surface area contributed by atoms with Crippen LogP contribution >= 0.6 is 0 Å². The van der Waals surface area contributed by atoms with Gasteiger partial charge in [0.2, 0.25) is 0 Å². The van der Waals surface area contributed by atoms with Crippen LogP contribution in [0, 0.1) is 11.3 Å². The standard InChI is InChI=1S/C22H13F6N3O2/c23-21(24,25)13-7-14(22(26,27)28)9-15(8-13)30-11-12(10-29)20(33)31-18-5-1-4-17-16(18)3-2-6-19(17)32/h1-9,11,30,32H,(H,31,33)/b12-11-. The number of fused-ring (bicyclic) bond motifs is 1. The average Bonchev–Trinajstić information content (AvgIpc) is 2.73. The van der Waals surface area contributed by atoms with E-state index in [2.05, 4.69) is 10.6 Å². The first-order valence-electron chi connectivity index (χ1n) is 9.08. The Bertz CT molecular complexity index is 1260. The smallest absolute Gasteiger partial charge is 0.416 e. The number of benzene rings is 3. The van der Waals surface area contributed by atoms with Gasteiger partial charge >= 0.3 is 12.4 Å². The van der Waals surface area contributed by atoms with Crippen LogP contribution in [-0.4, -0.2) is 11.0 Å². The fourth-order valence-corrected chi connectivity index (χ4v) is 2.93. The molecule has 0 aromatic heterocycles. The summed E-state index contributed by atoms with van der Waals surface area (Å²) >= 11 is 0. The first-order valence-corrected chi connectivity index (χ1v) is 9.08. The van der Waals surface area contributed by atoms with Gasteiger partial charge in [-0.15, -0.1) is 0 Å². The number of nitriles is 1. The second kappa shape index (κ2) is 8.74. The van der Waals surface area contributed by atoms with Crippen molar-refractivity contribution in [2.24, 2.45) is 0 Å². The highest BCUT2D eigenvalue weighted by molar-refractivity contribution is 6.11. The fraction of sp³-hybridized carbons (Fsp3) is 0.0909. The monoisotopic (exact) mass is 465 g/mol. The molecule has 0 heterocycles. The van der Waals surface area contributed by atoms with Gasteiger partial charge in [0.25, 0.3) is 5.91 Å². The topological polar surface area (TPSA) is 85.2 Å². The number of phenols is 1. The van der Waals surface area contributed by atoms with E-state index in [1.54, 1.807) is 12.1 Å². The van der Waals surface area contributed by atoms with Gasteiger partial charge in [-0.3, -0.25) is 4.79 Å². The van der Waals surface area contributed by atoms with E-state index in [9.17, 15) is 41.5 Å². The van der Waals surface area contributed by atoms with E-state index in [1.165, 1.54) is 30.3 Å². The first-order chi connectivity index (χ1) is 15.4. The molecule has 11 heteroatoms. The number of anilines is 2. The lowest BCUT2D eigenvalue weighted by Crippen LogP contribution is -2.15. The minimum absolute atomic E-state index is 0.0390. The summed E-state index contributed by atoms with van der Waals surface area (Å²) in [5.74, 6) is -1.02. The zero-order chi connectivity index (χ0) is 24.4. The molecule has 0 aliphatic carbocycles. The van der Waals surface area contributed by atoms with Crippen molar-refractivity contribution in [3.63, 3.8) is 0 Å². The summed E-state index contributed by atoms with van der Waals surface area (Å²) in [4.78, 5) is 12.5. The molecule has 3 rings (SSSR count). The summed E-state index contributed by atoms with van der Waals surface area (Å²) in [7, 11) is 0. The van der Waals surface area contributed by atoms with Crippen LogP contribution in [0.4, 0.5) is 37.7 Å². The molecular formula is C22H13F6N3O2. The molecule has 0 aliphatic rings. The maximum atomic E-state index is 13.0. The summed E-state index contributed by atoms with van der Waals surface area (Å²) in [6.45, 7) is 0. The number of aromatic hydroxyl groups is 1. The Hall–Kier alpha value is -4.20. The molecule has 170 valence electrons. The Labute approximate surface area is 182 Å². The van der Waals surface area contributed by atoms with Crippen LogP contribution in [0.15, 0.2) is 66.4 Å². The molecule has 0 radical (unpaired) electrons. The molecule has 0 unspecified atom stereocenters. The number of nitrogens with zero attached hydrogens (tertiary/aromatic N) is 1. The summed E-state index contributed by atoms with van der Waals surface area (Å²) in [6.07, 6.45) is -9.39. The third-order valence-corrected chi connectivity index (χ3v) is 4.48. The minimum atomic E-state index is -5.04. The Morgan fingerprint density at radius 3 is 2.06 bits per heavy atom. The summed E-state index contributed by atoms with van der Waals surface area (Å²) in [6, 6.07) is 11.5. The van der Waals surface area contributed by atoms with Crippen molar-refractivity contribution in [2.45, 2.75) is 12.4 Å². The zero-order valence-corrected chi connectivity index (χ0v) is 16.3. The quantitative estimate of drug-likeness (QED) is 0.249. The number of carbonyl (C=O) groups is 1. The van der Waals surface area contributed by atoms with E-state index >= 15 is 0 Å². The zero-order valence-electron chi connectivity index (χ0n) is 16.3. The van der Waals surface area contributed by atoms with Crippen molar-refractivity contribution >= 4 is 28.1 Å². The Balaban J connectivity index is 1.90. The second-order valence-electron chi connectivity index (χ2n) is 6.74. The van der Waals surface area contributed by atoms with Crippen LogP contribution < -0.4 is 10.6 Å². The number of hydrogen-bond acceptors (Lipinski definition) is 4. The molecule has 3 aromatic carbocycles. The minimum Gasteiger partial charge on any atom is -0.507 e. The number of nitrogens with one attached hydrogen (secondary N) is 2. The molecular weight excluding hydrogens is 452 g/mol. The van der Waals surface area contributed by atoms with Gasteiger partial charge in [0.1, 0.15) is 17.4 Å². The van der Waals surface area contributed by atoms with Gasteiger partial charge in [-0.25, -0.2) is 0 Å². The largest absolute Gasteiger partial charge is 0.507 e. The van der Waals surface area contributed by atoms with Crippen LogP contribution in [0.1, 0.15) is 11.1 Å². The molecule has 0 saturated heterocycles. The number of hydrogen-bond donors (Lipinski definition) is 3. The van der Waals surface area contributed by atoms with Crippen molar-refractivity contribution in [3.05, 3.63) is 77.5 Å². The van der Waals surface area contributed by atoms with Gasteiger partial charge in [-0.05, 0) is 30.3 Å². The highest BCUT2D eigenvalue weighted by atomic mass is 19.4. The summed E-state index contributed by atoms with van der Waals surface area (Å²) in [5.41, 5.74) is -4.10. The SMILES string of the molecule is N#C/C(=C/Nc1cc(C(F)(F)F)cc(C(F)(F)F)c1)C(=O)Nc1cccc2c(O)cccc12. The van der Waals surface area contributed by atoms with E-state index in [1.807, 2.05) is 0 Å². The van der Waals surface area contributed by atoms with E-state index in [4.69, 9.17) is 0 Å². The lowest BCUT2D eigenvalue weighted by atomic mass is 10.1. The normalized spacial score (nSPS) is 12.3. The molecule has 0 spiro atoms. The van der Waals surface area contributed by atoms with Crippen LogP contribution in [0.25, 0.3) is 10.8 Å². The molecule has 0 bridgehead atoms. The van der Waals surface area contributed by atoms with Crippen LogP contribution in [0.5, 0.6) is 5.75 Å². The number of amides is 1. The van der Waals surface area contributed by atoms with Crippen molar-refractivity contribution < 1.29 is 36.2 Å². The van der Waals surface area contributed by atoms with E-state index in [0.29, 0.717) is 29.1 Å². The van der Waals surface area contributed by atoms with E-state index < -0.39 is 40.6 Å². The molecule has 0 atom stereocenters. The molecule has 5 nitrogen and oxygen atoms in total. The van der Waals surface area contributed by atoms with Gasteiger partial charge in [0.15, 0.2) is 0 Å². The predicted octanol–water partition coefficient (Wildman–Crippen LogP) is 6.04. The summed E-state index contributed by atoms with van der Waals surface area (Å²) in [5, 5.41) is 24.6. The van der Waals surface area contributed by atoms with Crippen molar-refractivity contribution in [1.29, 1.82) is 5.26 Å². The number of phenolic OH excluding ortho intramolecular Hbond substituents is 1. The maximum absolute atomic E-state index is 13.0. The first kappa shape index (κ1) is 23.5. The van der Waals surface area contributed by atoms with Crippen LogP contribution in [0.2, 0.25) is 0 Å². The van der Waals surface area contributed by atoms with E-state index in [-0.39, 0.29) is 17.5 Å². The molecule has 0 aliphatic heterocycles. The molecule has 33 heavy (non-hydrogen) atoms. The number of rotatable bonds is 4. The van der Waals surface area contributed by atoms with Gasteiger partial charge < -0.3 is 15.7 Å². The molecule has 3 aromatic rings. The Kier molecular flexibility index (Phi) is 6.21. The Morgan fingerprint density at radius 2 is 1.48 bits per heavy atom. The van der Waals surface area contributed by atoms with Crippen molar-refractivity contribution in [1.82, 2.24) is 0 Å². The average molecular weight is 465 g/mol. The van der Waals surface area contributed by atoms with Crippen molar-refractivity contribution in [2.75, 3.05) is 10.6 Å². The molecule has 0 fully saturated rings. The highest BCUT2D eigenvalue weighted by Gasteiger charge is 2.36. The summed E-state index contributed by atoms with van der Waals surface area (Å²) < 4.78 is 77.9. The lowest BCUT2D eigenvalue weighted by Gasteiger charge is -2.14. The molecule has 0 saturated carbocycles. The Morgan fingerprint density at radius 1 is 0.909 bits per heavy atom. The number of alkyl halides is 6. The lowest BCUT2D eigenvalue weighted by molar-refractivity contribution is -0.143. The van der Waals surface area contributed by atoms with Gasteiger partial charge in [-0.1, -0.05) is 24.3 Å². The fourth-order valence-electron chi connectivity index (χ4n) is 2.93. The van der Waals surface area contributed by atoms with Crippen LogP contribution in [0.3, 0.4) is 0 Å². The van der Waals surface area contributed by atoms with Crippen molar-refractivity contribution in [3.8, 4) is 11.8 Å². The van der Waals surface area contributed by atoms with Gasteiger partial charge in [-0.2, -0.15) is 31.6 Å². The second-order valence-corrected chi connectivity index (χ2v) is 6.74. The number of halogens is 6. The van der Waals surface area contributed by atoms with Gasteiger partial charge in [0.05, 0.1) is 11.1 Å². The predicted molar refractivity (Wildman–Crippen MR) is 108 cm³/mol. The molecule has 3 N–H and O–H groups in total. The number of carbonyl (C=O) groups excluding carboxylic acids is 1. The van der Waals surface area contributed by atoms with Crippen LogP contribution in [-0.2, 0) is 17.1 Å². The van der Waals surface area contributed by atoms with E-state index in [0.717, 1.165) is 0 Å². The highest BCUT2D eigenvalue weighted by Crippen LogP contribution is 2.37. The third kappa shape index (κ3) is 5.35. The maximum Gasteiger partial charge on any atom is 0.416 e.